The van der Waals surface area contributed by atoms with E-state index in [1.807, 2.05) is 42.5 Å². The van der Waals surface area contributed by atoms with Gasteiger partial charge in [-0.1, -0.05) is 54.1 Å². The highest BCUT2D eigenvalue weighted by Gasteiger charge is 2.13. The van der Waals surface area contributed by atoms with Crippen LogP contribution in [-0.2, 0) is 0 Å². The van der Waals surface area contributed by atoms with E-state index in [-0.39, 0.29) is 0 Å². The minimum absolute atomic E-state index is 0.728. The Kier molecular flexibility index (Phi) is 3.60. The summed E-state index contributed by atoms with van der Waals surface area (Å²) in [5.41, 5.74) is 3.17. The number of hydrogen-bond acceptors (Lipinski definition) is 3. The Bertz CT molecular complexity index is 690. The first-order valence-electron chi connectivity index (χ1n) is 5.75. The van der Waals surface area contributed by atoms with Crippen LogP contribution in [0, 0.1) is 0 Å². The molecule has 94 valence electrons. The molecule has 1 aromatic heterocycles. The molecule has 0 N–H and O–H groups in total. The summed E-state index contributed by atoms with van der Waals surface area (Å²) in [7, 11) is 0. The van der Waals surface area contributed by atoms with Crippen LogP contribution >= 0.6 is 35.6 Å². The van der Waals surface area contributed by atoms with Crippen LogP contribution in [0.25, 0.3) is 21.7 Å². The first-order valence-corrected chi connectivity index (χ1v) is 7.39. The fourth-order valence-electron chi connectivity index (χ4n) is 1.90. The van der Waals surface area contributed by atoms with Gasteiger partial charge in [0.1, 0.15) is 4.34 Å². The predicted molar refractivity (Wildman–Crippen MR) is 85.2 cm³/mol. The molecule has 0 fully saturated rings. The molecule has 0 bridgehead atoms. The first kappa shape index (κ1) is 12.7. The lowest BCUT2D eigenvalue weighted by molar-refractivity contribution is 1.26. The Balaban J connectivity index is 2.15. The summed E-state index contributed by atoms with van der Waals surface area (Å²) in [5.74, 6) is 0. The van der Waals surface area contributed by atoms with Crippen LogP contribution in [0.2, 0.25) is 5.02 Å². The molecule has 3 aromatic rings. The summed E-state index contributed by atoms with van der Waals surface area (Å²) in [5, 5.41) is 0.728. The standard InChI is InChI=1S/C15H10ClNS2/c16-12-8-6-10(7-9-12)13-14(19-15(18)17-13)11-4-2-1-3-5-11/h1-9H,(H,17,18). The largest absolute Gasteiger partial charge is 0.229 e. The van der Waals surface area contributed by atoms with E-state index in [0.29, 0.717) is 0 Å². The van der Waals surface area contributed by atoms with Gasteiger partial charge in [0.2, 0.25) is 0 Å². The predicted octanol–water partition coefficient (Wildman–Crippen LogP) is 5.42. The lowest BCUT2D eigenvalue weighted by Gasteiger charge is -2.02. The quantitative estimate of drug-likeness (QED) is 0.624. The van der Waals surface area contributed by atoms with E-state index in [4.69, 9.17) is 11.6 Å². The molecule has 0 aliphatic rings. The Morgan fingerprint density at radius 3 is 2.26 bits per heavy atom. The maximum absolute atomic E-state index is 5.93. The van der Waals surface area contributed by atoms with Crippen molar-refractivity contribution in [2.45, 2.75) is 4.34 Å². The summed E-state index contributed by atoms with van der Waals surface area (Å²) >= 11 is 11.9. The van der Waals surface area contributed by atoms with E-state index in [2.05, 4.69) is 29.7 Å². The average molecular weight is 304 g/mol. The Morgan fingerprint density at radius 2 is 1.58 bits per heavy atom. The summed E-state index contributed by atoms with van der Waals surface area (Å²) < 4.78 is 0.767. The number of aromatic nitrogens is 1. The molecule has 1 nitrogen and oxygen atoms in total. The fourth-order valence-corrected chi connectivity index (χ4v) is 3.23. The number of benzene rings is 2. The van der Waals surface area contributed by atoms with Gasteiger partial charge in [-0.2, -0.15) is 0 Å². The van der Waals surface area contributed by atoms with Crippen molar-refractivity contribution in [2.75, 3.05) is 0 Å². The van der Waals surface area contributed by atoms with Gasteiger partial charge >= 0.3 is 0 Å². The van der Waals surface area contributed by atoms with Gasteiger partial charge in [-0.3, -0.25) is 0 Å². The van der Waals surface area contributed by atoms with Gasteiger partial charge < -0.3 is 0 Å². The second-order valence-corrected chi connectivity index (χ2v) is 6.21. The zero-order chi connectivity index (χ0) is 13.2. The maximum Gasteiger partial charge on any atom is 0.148 e. The van der Waals surface area contributed by atoms with Crippen molar-refractivity contribution in [3.05, 3.63) is 59.6 Å². The Morgan fingerprint density at radius 1 is 0.895 bits per heavy atom. The highest BCUT2D eigenvalue weighted by molar-refractivity contribution is 7.82. The zero-order valence-electron chi connectivity index (χ0n) is 9.88. The summed E-state index contributed by atoms with van der Waals surface area (Å²) in [6.07, 6.45) is 0. The number of hydrogen-bond donors (Lipinski definition) is 1. The fraction of sp³-hybridized carbons (Fsp3) is 0. The van der Waals surface area contributed by atoms with Crippen LogP contribution in [0.3, 0.4) is 0 Å². The van der Waals surface area contributed by atoms with Crippen LogP contribution in [0.4, 0.5) is 0 Å². The normalized spacial score (nSPS) is 10.6. The summed E-state index contributed by atoms with van der Waals surface area (Å²) in [4.78, 5) is 5.66. The number of rotatable bonds is 2. The molecule has 0 aliphatic carbocycles. The summed E-state index contributed by atoms with van der Waals surface area (Å²) in [6, 6.07) is 18.0. The van der Waals surface area contributed by atoms with Gasteiger partial charge in [0.25, 0.3) is 0 Å². The van der Waals surface area contributed by atoms with Crippen LogP contribution in [0.1, 0.15) is 0 Å². The zero-order valence-corrected chi connectivity index (χ0v) is 12.3. The third-order valence-electron chi connectivity index (χ3n) is 2.77. The van der Waals surface area contributed by atoms with E-state index in [1.165, 1.54) is 0 Å². The topological polar surface area (TPSA) is 12.9 Å². The van der Waals surface area contributed by atoms with Gasteiger partial charge in [0.05, 0.1) is 10.6 Å². The lowest BCUT2D eigenvalue weighted by Crippen LogP contribution is -1.81. The molecule has 0 saturated heterocycles. The van der Waals surface area contributed by atoms with E-state index >= 15 is 0 Å². The molecule has 1 heterocycles. The minimum Gasteiger partial charge on any atom is -0.229 e. The van der Waals surface area contributed by atoms with Gasteiger partial charge in [0.15, 0.2) is 0 Å². The molecule has 19 heavy (non-hydrogen) atoms. The third-order valence-corrected chi connectivity index (χ3v) is 4.30. The minimum atomic E-state index is 0.728. The van der Waals surface area contributed by atoms with Crippen molar-refractivity contribution in [1.29, 1.82) is 0 Å². The molecule has 4 heteroatoms. The molecule has 0 spiro atoms. The molecule has 0 unspecified atom stereocenters. The molecule has 0 saturated carbocycles. The Labute approximate surface area is 126 Å². The van der Waals surface area contributed by atoms with Crippen LogP contribution in [0.15, 0.2) is 58.9 Å². The number of thiol groups is 1. The van der Waals surface area contributed by atoms with Crippen LogP contribution in [0.5, 0.6) is 0 Å². The molecular formula is C15H10ClNS2. The van der Waals surface area contributed by atoms with Crippen LogP contribution in [-0.4, -0.2) is 4.98 Å². The number of nitrogens with zero attached hydrogens (tertiary/aromatic N) is 1. The molecular weight excluding hydrogens is 294 g/mol. The van der Waals surface area contributed by atoms with Gasteiger partial charge in [-0.25, -0.2) is 4.98 Å². The SMILES string of the molecule is Sc1nc(-c2ccc(Cl)cc2)c(-c2ccccc2)s1. The second-order valence-electron chi connectivity index (χ2n) is 4.05. The van der Waals surface area contributed by atoms with Crippen molar-refractivity contribution in [3.8, 4) is 21.7 Å². The lowest BCUT2D eigenvalue weighted by atomic mass is 10.1. The van der Waals surface area contributed by atoms with Gasteiger partial charge in [-0.15, -0.1) is 24.0 Å². The van der Waals surface area contributed by atoms with Crippen molar-refractivity contribution < 1.29 is 0 Å². The molecule has 0 atom stereocenters. The highest BCUT2D eigenvalue weighted by atomic mass is 35.5. The van der Waals surface area contributed by atoms with Crippen molar-refractivity contribution in [2.24, 2.45) is 0 Å². The van der Waals surface area contributed by atoms with E-state index in [1.54, 1.807) is 11.3 Å². The first-order chi connectivity index (χ1) is 9.24. The Hall–Kier alpha value is -1.29. The third kappa shape index (κ3) is 2.68. The van der Waals surface area contributed by atoms with E-state index in [0.717, 1.165) is 31.1 Å². The van der Waals surface area contributed by atoms with Gasteiger partial charge in [0, 0.05) is 10.6 Å². The number of halogens is 1. The molecule has 2 aromatic carbocycles. The highest BCUT2D eigenvalue weighted by Crippen LogP contribution is 2.38. The molecule has 0 amide bonds. The monoisotopic (exact) mass is 303 g/mol. The van der Waals surface area contributed by atoms with Crippen molar-refractivity contribution in [3.63, 3.8) is 0 Å². The average Bonchev–Trinajstić information content (AvgIpc) is 2.83. The van der Waals surface area contributed by atoms with Crippen molar-refractivity contribution >= 4 is 35.6 Å². The van der Waals surface area contributed by atoms with Crippen molar-refractivity contribution in [1.82, 2.24) is 4.98 Å². The molecule has 0 aliphatic heterocycles. The van der Waals surface area contributed by atoms with Gasteiger partial charge in [-0.05, 0) is 17.7 Å². The smallest absolute Gasteiger partial charge is 0.148 e. The van der Waals surface area contributed by atoms with Crippen LogP contribution < -0.4 is 0 Å². The molecule has 0 radical (unpaired) electrons. The van der Waals surface area contributed by atoms with E-state index < -0.39 is 0 Å². The van der Waals surface area contributed by atoms with E-state index in [9.17, 15) is 0 Å². The summed E-state index contributed by atoms with van der Waals surface area (Å²) in [6.45, 7) is 0. The molecule has 3 rings (SSSR count). The second kappa shape index (κ2) is 5.37. The maximum atomic E-state index is 5.93. The number of thiazole rings is 1.